The molecule has 0 aromatic rings. The summed E-state index contributed by atoms with van der Waals surface area (Å²) in [6.45, 7) is 0.631. The Labute approximate surface area is 113 Å². The molecule has 0 radical (unpaired) electrons. The van der Waals surface area contributed by atoms with Crippen LogP contribution in [0.3, 0.4) is 0 Å². The van der Waals surface area contributed by atoms with E-state index in [4.69, 9.17) is 5.11 Å². The van der Waals surface area contributed by atoms with Crippen LogP contribution < -0.4 is 0 Å². The second kappa shape index (κ2) is 6.37. The fourth-order valence-corrected chi connectivity index (χ4v) is 3.18. The van der Waals surface area contributed by atoms with E-state index in [0.717, 1.165) is 25.7 Å². The number of carboxylic acids is 1. The van der Waals surface area contributed by atoms with Crippen molar-refractivity contribution >= 4 is 11.9 Å². The zero-order chi connectivity index (χ0) is 13.8. The van der Waals surface area contributed by atoms with Crippen molar-refractivity contribution < 1.29 is 19.8 Å². The Hall–Kier alpha value is -1.10. The van der Waals surface area contributed by atoms with Crippen molar-refractivity contribution in [3.8, 4) is 0 Å². The lowest BCUT2D eigenvalue weighted by atomic mass is 9.88. The number of rotatable bonds is 6. The number of hydrogen-bond donors (Lipinski definition) is 2. The lowest BCUT2D eigenvalue weighted by Gasteiger charge is -2.39. The van der Waals surface area contributed by atoms with Crippen LogP contribution in [0.25, 0.3) is 0 Å². The van der Waals surface area contributed by atoms with Crippen LogP contribution in [0.15, 0.2) is 0 Å². The van der Waals surface area contributed by atoms with Gasteiger partial charge < -0.3 is 15.1 Å². The third-order valence-electron chi connectivity index (χ3n) is 4.51. The number of aliphatic hydroxyl groups is 1. The van der Waals surface area contributed by atoms with Gasteiger partial charge >= 0.3 is 5.97 Å². The number of carboxylic acid groups (broad SMARTS) is 1. The molecule has 2 rings (SSSR count). The molecule has 0 spiro atoms. The van der Waals surface area contributed by atoms with Crippen LogP contribution in [-0.2, 0) is 9.59 Å². The summed E-state index contributed by atoms with van der Waals surface area (Å²) >= 11 is 0. The number of hydrogen-bond acceptors (Lipinski definition) is 3. The van der Waals surface area contributed by atoms with Gasteiger partial charge in [-0.1, -0.05) is 6.42 Å². The van der Waals surface area contributed by atoms with Crippen molar-refractivity contribution in [3.63, 3.8) is 0 Å². The number of aliphatic carboxylic acids is 1. The van der Waals surface area contributed by atoms with Gasteiger partial charge in [-0.25, -0.2) is 0 Å². The highest BCUT2D eigenvalue weighted by Crippen LogP contribution is 2.35. The topological polar surface area (TPSA) is 77.8 Å². The van der Waals surface area contributed by atoms with Gasteiger partial charge in [-0.3, -0.25) is 9.59 Å². The van der Waals surface area contributed by atoms with Gasteiger partial charge in [-0.15, -0.1) is 0 Å². The van der Waals surface area contributed by atoms with Gasteiger partial charge in [-0.2, -0.15) is 0 Å². The molecule has 0 aromatic carbocycles. The third kappa shape index (κ3) is 3.08. The first-order valence-corrected chi connectivity index (χ1v) is 7.29. The van der Waals surface area contributed by atoms with E-state index >= 15 is 0 Å². The van der Waals surface area contributed by atoms with Gasteiger partial charge in [0.15, 0.2) is 0 Å². The molecule has 2 saturated carbocycles. The van der Waals surface area contributed by atoms with Crippen molar-refractivity contribution in [2.24, 2.45) is 11.8 Å². The van der Waals surface area contributed by atoms with E-state index in [9.17, 15) is 14.7 Å². The van der Waals surface area contributed by atoms with Crippen LogP contribution in [0, 0.1) is 11.8 Å². The first-order valence-electron chi connectivity index (χ1n) is 7.29. The van der Waals surface area contributed by atoms with E-state index in [0.29, 0.717) is 25.8 Å². The predicted molar refractivity (Wildman–Crippen MR) is 69.5 cm³/mol. The molecule has 2 unspecified atom stereocenters. The van der Waals surface area contributed by atoms with E-state index in [2.05, 4.69) is 0 Å². The molecular formula is C14H23NO4. The lowest BCUT2D eigenvalue weighted by molar-refractivity contribution is -0.151. The van der Waals surface area contributed by atoms with Crippen LogP contribution in [0.4, 0.5) is 0 Å². The maximum Gasteiger partial charge on any atom is 0.307 e. The molecule has 1 amide bonds. The van der Waals surface area contributed by atoms with Gasteiger partial charge in [0.05, 0.1) is 11.8 Å². The molecule has 108 valence electrons. The maximum atomic E-state index is 12.6. The smallest absolute Gasteiger partial charge is 0.307 e. The maximum absolute atomic E-state index is 12.6. The molecule has 5 nitrogen and oxygen atoms in total. The monoisotopic (exact) mass is 269 g/mol. The number of carbonyl (C=O) groups excluding carboxylic acids is 1. The van der Waals surface area contributed by atoms with E-state index in [1.54, 1.807) is 0 Å². The predicted octanol–water partition coefficient (Wildman–Crippen LogP) is 1.25. The molecule has 0 saturated heterocycles. The second-order valence-electron chi connectivity index (χ2n) is 5.68. The van der Waals surface area contributed by atoms with Crippen LogP contribution in [0.1, 0.15) is 44.9 Å². The van der Waals surface area contributed by atoms with Gasteiger partial charge in [0, 0.05) is 19.2 Å². The van der Waals surface area contributed by atoms with Gasteiger partial charge in [0.25, 0.3) is 0 Å². The molecule has 0 aliphatic heterocycles. The number of carbonyl (C=O) groups is 2. The largest absolute Gasteiger partial charge is 0.481 e. The first-order chi connectivity index (χ1) is 9.15. The van der Waals surface area contributed by atoms with Gasteiger partial charge in [0.2, 0.25) is 5.91 Å². The quantitative estimate of drug-likeness (QED) is 0.760. The van der Waals surface area contributed by atoms with Crippen molar-refractivity contribution in [2.45, 2.75) is 51.0 Å². The summed E-state index contributed by atoms with van der Waals surface area (Å²) in [6.07, 6.45) is 5.88. The average Bonchev–Trinajstić information content (AvgIpc) is 2.80. The fraction of sp³-hybridized carbons (Fsp3) is 0.857. The standard InChI is InChI=1S/C14H23NO4/c16-9-3-8-15(10-4-1-5-10)13(17)11-6-2-7-12(11)14(18)19/h10-12,16H,1-9H2,(H,18,19). The number of amides is 1. The Kier molecular flexibility index (Phi) is 4.80. The normalized spacial score (nSPS) is 27.0. The third-order valence-corrected chi connectivity index (χ3v) is 4.51. The average molecular weight is 269 g/mol. The minimum absolute atomic E-state index is 0.00282. The Bertz CT molecular complexity index is 340. The van der Waals surface area contributed by atoms with Gasteiger partial charge in [0.1, 0.15) is 0 Å². The van der Waals surface area contributed by atoms with Crippen LogP contribution in [-0.4, -0.2) is 46.2 Å². The SMILES string of the molecule is O=C(O)C1CCCC1C(=O)N(CCCO)C1CCC1. The summed E-state index contributed by atoms with van der Waals surface area (Å²) in [4.78, 5) is 25.6. The van der Waals surface area contributed by atoms with Crippen LogP contribution >= 0.6 is 0 Å². The summed E-state index contributed by atoms with van der Waals surface area (Å²) in [7, 11) is 0. The molecule has 5 heteroatoms. The zero-order valence-electron chi connectivity index (χ0n) is 11.3. The number of aliphatic hydroxyl groups excluding tert-OH is 1. The number of nitrogens with zero attached hydrogens (tertiary/aromatic N) is 1. The summed E-state index contributed by atoms with van der Waals surface area (Å²) in [6, 6.07) is 0.272. The summed E-state index contributed by atoms with van der Waals surface area (Å²) in [5.74, 6) is -1.70. The van der Waals surface area contributed by atoms with Crippen molar-refractivity contribution in [1.82, 2.24) is 4.90 Å². The van der Waals surface area contributed by atoms with Crippen LogP contribution in [0.2, 0.25) is 0 Å². The van der Waals surface area contributed by atoms with E-state index in [-0.39, 0.29) is 24.5 Å². The first kappa shape index (κ1) is 14.3. The Morgan fingerprint density at radius 1 is 1.05 bits per heavy atom. The molecular weight excluding hydrogens is 246 g/mol. The molecule has 2 aliphatic rings. The summed E-state index contributed by atoms with van der Waals surface area (Å²) < 4.78 is 0. The van der Waals surface area contributed by atoms with E-state index in [1.807, 2.05) is 4.90 Å². The Morgan fingerprint density at radius 2 is 1.68 bits per heavy atom. The van der Waals surface area contributed by atoms with Crippen molar-refractivity contribution in [1.29, 1.82) is 0 Å². The Morgan fingerprint density at radius 3 is 2.21 bits per heavy atom. The highest BCUT2D eigenvalue weighted by atomic mass is 16.4. The fourth-order valence-electron chi connectivity index (χ4n) is 3.18. The molecule has 2 aliphatic carbocycles. The molecule has 2 atom stereocenters. The molecule has 0 aromatic heterocycles. The Balaban J connectivity index is 2.02. The highest BCUT2D eigenvalue weighted by molar-refractivity contribution is 5.85. The molecule has 2 fully saturated rings. The zero-order valence-corrected chi connectivity index (χ0v) is 11.3. The van der Waals surface area contributed by atoms with Gasteiger partial charge in [-0.05, 0) is 38.5 Å². The highest BCUT2D eigenvalue weighted by Gasteiger charge is 2.41. The summed E-state index contributed by atoms with van der Waals surface area (Å²) in [5.41, 5.74) is 0. The minimum Gasteiger partial charge on any atom is -0.481 e. The van der Waals surface area contributed by atoms with E-state index < -0.39 is 11.9 Å². The molecule has 0 bridgehead atoms. The van der Waals surface area contributed by atoms with Crippen molar-refractivity contribution in [3.05, 3.63) is 0 Å². The second-order valence-corrected chi connectivity index (χ2v) is 5.68. The molecule has 0 heterocycles. The summed E-state index contributed by atoms with van der Waals surface area (Å²) in [5, 5.41) is 18.1. The van der Waals surface area contributed by atoms with E-state index in [1.165, 1.54) is 0 Å². The molecule has 19 heavy (non-hydrogen) atoms. The lowest BCUT2D eigenvalue weighted by Crippen LogP contribution is -2.48. The minimum atomic E-state index is -0.841. The van der Waals surface area contributed by atoms with Crippen LogP contribution in [0.5, 0.6) is 0 Å². The van der Waals surface area contributed by atoms with Crippen molar-refractivity contribution in [2.75, 3.05) is 13.2 Å². The molecule has 2 N–H and O–H groups in total.